The van der Waals surface area contributed by atoms with Crippen LogP contribution in [0.1, 0.15) is 13.3 Å². The van der Waals surface area contributed by atoms with E-state index in [0.717, 1.165) is 13.0 Å². The molecule has 0 saturated heterocycles. The number of rotatable bonds is 7. The van der Waals surface area contributed by atoms with Gasteiger partial charge in [-0.05, 0) is 17.9 Å². The summed E-state index contributed by atoms with van der Waals surface area (Å²) in [5.41, 5.74) is 0. The molecule has 0 aliphatic heterocycles. The highest BCUT2D eigenvalue weighted by Crippen LogP contribution is 2.07. The van der Waals surface area contributed by atoms with Crippen molar-refractivity contribution < 1.29 is 10.0 Å². The standard InChI is InChI=1S/C9H16N4O3/c1-2-3-10-6-8(14)7-12-5-4-11-9(12)13(15)16/h4-5,8,10,14H,2-3,6-7H2,1H3. The summed E-state index contributed by atoms with van der Waals surface area (Å²) in [5.74, 6) is -0.241. The first-order chi connectivity index (χ1) is 7.65. The Morgan fingerprint density at radius 3 is 3.12 bits per heavy atom. The fraction of sp³-hybridized carbons (Fsp3) is 0.667. The van der Waals surface area contributed by atoms with Crippen LogP contribution in [0.4, 0.5) is 5.95 Å². The second-order valence-corrected chi connectivity index (χ2v) is 3.49. The molecule has 7 heteroatoms. The van der Waals surface area contributed by atoms with Gasteiger partial charge in [-0.15, -0.1) is 0 Å². The average Bonchev–Trinajstić information content (AvgIpc) is 2.66. The molecule has 90 valence electrons. The molecule has 0 spiro atoms. The molecule has 0 bridgehead atoms. The Morgan fingerprint density at radius 2 is 2.50 bits per heavy atom. The number of hydrogen-bond acceptors (Lipinski definition) is 5. The fourth-order valence-electron chi connectivity index (χ4n) is 1.35. The van der Waals surface area contributed by atoms with E-state index in [1.54, 1.807) is 0 Å². The smallest absolute Gasteiger partial charge is 0.390 e. The predicted octanol–water partition coefficient (Wildman–Crippen LogP) is 0.152. The van der Waals surface area contributed by atoms with E-state index in [0.29, 0.717) is 6.54 Å². The second-order valence-electron chi connectivity index (χ2n) is 3.49. The van der Waals surface area contributed by atoms with Crippen molar-refractivity contribution in [1.82, 2.24) is 14.9 Å². The number of nitrogens with one attached hydrogen (secondary N) is 1. The molecule has 1 aromatic heterocycles. The summed E-state index contributed by atoms with van der Waals surface area (Å²) >= 11 is 0. The SMILES string of the molecule is CCCNCC(O)Cn1ccnc1[N+](=O)[O-]. The zero-order valence-corrected chi connectivity index (χ0v) is 9.17. The van der Waals surface area contributed by atoms with Crippen molar-refractivity contribution in [3.05, 3.63) is 22.5 Å². The van der Waals surface area contributed by atoms with Gasteiger partial charge in [-0.3, -0.25) is 0 Å². The van der Waals surface area contributed by atoms with Crippen molar-refractivity contribution in [3.8, 4) is 0 Å². The quantitative estimate of drug-likeness (QED) is 0.393. The summed E-state index contributed by atoms with van der Waals surface area (Å²) in [6, 6.07) is 0. The molecular formula is C9H16N4O3. The van der Waals surface area contributed by atoms with Crippen molar-refractivity contribution in [2.24, 2.45) is 0 Å². The Kier molecular flexibility index (Phi) is 4.87. The normalized spacial score (nSPS) is 12.6. The van der Waals surface area contributed by atoms with Gasteiger partial charge in [0.25, 0.3) is 0 Å². The molecule has 2 N–H and O–H groups in total. The van der Waals surface area contributed by atoms with Gasteiger partial charge < -0.3 is 20.5 Å². The number of hydrogen-bond donors (Lipinski definition) is 2. The lowest BCUT2D eigenvalue weighted by molar-refractivity contribution is -0.397. The number of aromatic nitrogens is 2. The largest absolute Gasteiger partial charge is 0.434 e. The van der Waals surface area contributed by atoms with Crippen LogP contribution >= 0.6 is 0 Å². The van der Waals surface area contributed by atoms with Crippen LogP contribution in [-0.2, 0) is 6.54 Å². The molecule has 7 nitrogen and oxygen atoms in total. The first-order valence-corrected chi connectivity index (χ1v) is 5.19. The van der Waals surface area contributed by atoms with Crippen molar-refractivity contribution in [2.45, 2.75) is 26.0 Å². The minimum Gasteiger partial charge on any atom is -0.390 e. The summed E-state index contributed by atoms with van der Waals surface area (Å²) in [7, 11) is 0. The first-order valence-electron chi connectivity index (χ1n) is 5.19. The maximum atomic E-state index is 10.5. The third-order valence-corrected chi connectivity index (χ3v) is 2.07. The second kappa shape index (κ2) is 6.19. The van der Waals surface area contributed by atoms with Gasteiger partial charge in [-0.25, -0.2) is 4.57 Å². The van der Waals surface area contributed by atoms with Crippen LogP contribution in [0.25, 0.3) is 0 Å². The lowest BCUT2D eigenvalue weighted by Gasteiger charge is -2.10. The molecule has 1 unspecified atom stereocenters. The van der Waals surface area contributed by atoms with Crippen LogP contribution in [0, 0.1) is 10.1 Å². The fourth-order valence-corrected chi connectivity index (χ4v) is 1.35. The molecule has 1 heterocycles. The maximum Gasteiger partial charge on any atom is 0.434 e. The Morgan fingerprint density at radius 1 is 1.75 bits per heavy atom. The van der Waals surface area contributed by atoms with Crippen LogP contribution in [0.5, 0.6) is 0 Å². The van der Waals surface area contributed by atoms with Gasteiger partial charge in [0.15, 0.2) is 0 Å². The molecule has 1 aromatic rings. The van der Waals surface area contributed by atoms with Crippen LogP contribution in [0.3, 0.4) is 0 Å². The summed E-state index contributed by atoms with van der Waals surface area (Å²) in [6.07, 6.45) is 3.17. The van der Waals surface area contributed by atoms with Gasteiger partial charge in [0.2, 0.25) is 0 Å². The predicted molar refractivity (Wildman–Crippen MR) is 58.0 cm³/mol. The van der Waals surface area contributed by atoms with E-state index in [1.807, 2.05) is 6.92 Å². The number of aliphatic hydroxyl groups is 1. The van der Waals surface area contributed by atoms with Gasteiger partial charge in [0.1, 0.15) is 12.4 Å². The van der Waals surface area contributed by atoms with Crippen molar-refractivity contribution >= 4 is 5.95 Å². The summed E-state index contributed by atoms with van der Waals surface area (Å²) in [5, 5.41) is 23.2. The lowest BCUT2D eigenvalue weighted by atomic mass is 10.3. The van der Waals surface area contributed by atoms with E-state index >= 15 is 0 Å². The molecule has 16 heavy (non-hydrogen) atoms. The molecule has 0 aliphatic carbocycles. The lowest BCUT2D eigenvalue weighted by Crippen LogP contribution is -2.30. The maximum absolute atomic E-state index is 10.5. The molecule has 0 radical (unpaired) electrons. The van der Waals surface area contributed by atoms with Gasteiger partial charge in [-0.2, -0.15) is 0 Å². The van der Waals surface area contributed by atoms with Gasteiger partial charge in [0.05, 0.1) is 12.6 Å². The molecule has 1 rings (SSSR count). The number of aliphatic hydroxyl groups excluding tert-OH is 1. The van der Waals surface area contributed by atoms with Crippen LogP contribution < -0.4 is 5.32 Å². The molecule has 1 atom stereocenters. The van der Waals surface area contributed by atoms with E-state index in [2.05, 4.69) is 10.3 Å². The molecule has 0 amide bonds. The van der Waals surface area contributed by atoms with Crippen molar-refractivity contribution in [3.63, 3.8) is 0 Å². The Bertz CT molecular complexity index is 339. The Labute approximate surface area is 93.3 Å². The molecule has 0 fully saturated rings. The zero-order chi connectivity index (χ0) is 12.0. The molecule has 0 saturated carbocycles. The van der Waals surface area contributed by atoms with E-state index in [4.69, 9.17) is 0 Å². The summed E-state index contributed by atoms with van der Waals surface area (Å²) < 4.78 is 1.33. The van der Waals surface area contributed by atoms with E-state index in [1.165, 1.54) is 17.0 Å². The molecule has 0 aromatic carbocycles. The Hall–Kier alpha value is -1.47. The highest BCUT2D eigenvalue weighted by molar-refractivity contribution is 5.06. The number of imidazole rings is 1. The van der Waals surface area contributed by atoms with E-state index < -0.39 is 11.0 Å². The van der Waals surface area contributed by atoms with E-state index in [-0.39, 0.29) is 12.5 Å². The minimum absolute atomic E-state index is 0.174. The number of nitro groups is 1. The third kappa shape index (κ3) is 3.59. The van der Waals surface area contributed by atoms with Crippen LogP contribution in [0.15, 0.2) is 12.4 Å². The third-order valence-electron chi connectivity index (χ3n) is 2.07. The highest BCUT2D eigenvalue weighted by atomic mass is 16.6. The Balaban J connectivity index is 2.46. The van der Waals surface area contributed by atoms with Crippen LogP contribution in [0.2, 0.25) is 0 Å². The van der Waals surface area contributed by atoms with Gasteiger partial charge in [-0.1, -0.05) is 11.9 Å². The molecular weight excluding hydrogens is 212 g/mol. The number of nitrogens with zero attached hydrogens (tertiary/aromatic N) is 3. The summed E-state index contributed by atoms with van der Waals surface area (Å²) in [6.45, 7) is 3.44. The van der Waals surface area contributed by atoms with Crippen LogP contribution in [-0.4, -0.2) is 38.8 Å². The average molecular weight is 228 g/mol. The zero-order valence-electron chi connectivity index (χ0n) is 9.17. The van der Waals surface area contributed by atoms with Gasteiger partial charge in [0, 0.05) is 6.54 Å². The van der Waals surface area contributed by atoms with Crippen molar-refractivity contribution in [1.29, 1.82) is 0 Å². The van der Waals surface area contributed by atoms with E-state index in [9.17, 15) is 15.2 Å². The van der Waals surface area contributed by atoms with Crippen molar-refractivity contribution in [2.75, 3.05) is 13.1 Å². The highest BCUT2D eigenvalue weighted by Gasteiger charge is 2.16. The monoisotopic (exact) mass is 228 g/mol. The first kappa shape index (κ1) is 12.6. The van der Waals surface area contributed by atoms with Gasteiger partial charge >= 0.3 is 5.95 Å². The topological polar surface area (TPSA) is 93.2 Å². The molecule has 0 aliphatic rings. The minimum atomic E-state index is -0.653. The summed E-state index contributed by atoms with van der Waals surface area (Å²) in [4.78, 5) is 13.6.